The third-order valence-electron chi connectivity index (χ3n) is 2.58. The van der Waals surface area contributed by atoms with E-state index in [1.54, 1.807) is 6.20 Å². The van der Waals surface area contributed by atoms with E-state index in [1.165, 1.54) is 17.1 Å². The molecule has 0 saturated heterocycles. The maximum atomic E-state index is 13.6. The number of benzene rings is 1. The van der Waals surface area contributed by atoms with E-state index in [1.807, 2.05) is 0 Å². The first kappa shape index (κ1) is 13.7. The van der Waals surface area contributed by atoms with Crippen LogP contribution in [0.15, 0.2) is 31.1 Å². The van der Waals surface area contributed by atoms with Crippen molar-refractivity contribution < 1.29 is 13.7 Å². The first-order valence-electron chi connectivity index (χ1n) is 5.54. The number of nitro groups is 1. The normalized spacial score (nSPS) is 10.3. The lowest BCUT2D eigenvalue weighted by Gasteiger charge is -2.07. The van der Waals surface area contributed by atoms with E-state index < -0.39 is 27.9 Å². The van der Waals surface area contributed by atoms with E-state index in [2.05, 4.69) is 17.0 Å². The molecule has 0 unspecified atom stereocenters. The topological polar surface area (TPSA) is 73.0 Å². The van der Waals surface area contributed by atoms with Crippen LogP contribution in [0.2, 0.25) is 0 Å². The van der Waals surface area contributed by atoms with Crippen LogP contribution in [0.25, 0.3) is 6.20 Å². The number of hydrogen-bond acceptors (Lipinski definition) is 4. The van der Waals surface area contributed by atoms with Gasteiger partial charge in [0.25, 0.3) is 5.69 Å². The van der Waals surface area contributed by atoms with E-state index in [-0.39, 0.29) is 6.54 Å². The summed E-state index contributed by atoms with van der Waals surface area (Å²) in [5, 5.41) is 17.2. The average Bonchev–Trinajstić information content (AvgIpc) is 2.88. The molecule has 0 fully saturated rings. The second-order valence-corrected chi connectivity index (χ2v) is 3.88. The maximum Gasteiger partial charge on any atom is 0.295 e. The minimum absolute atomic E-state index is 0.0645. The number of anilines is 1. The number of nitrogens with one attached hydrogen (secondary N) is 1. The highest BCUT2D eigenvalue weighted by atomic mass is 19.2. The summed E-state index contributed by atoms with van der Waals surface area (Å²) in [6, 6.07) is 1.63. The van der Waals surface area contributed by atoms with Gasteiger partial charge in [0, 0.05) is 30.6 Å². The molecule has 20 heavy (non-hydrogen) atoms. The van der Waals surface area contributed by atoms with Crippen molar-refractivity contribution in [2.45, 2.75) is 6.54 Å². The van der Waals surface area contributed by atoms with Crippen molar-refractivity contribution in [1.29, 1.82) is 0 Å². The molecule has 1 aromatic carbocycles. The number of halogens is 2. The summed E-state index contributed by atoms with van der Waals surface area (Å²) < 4.78 is 28.2. The van der Waals surface area contributed by atoms with Crippen molar-refractivity contribution in [3.63, 3.8) is 0 Å². The molecular formula is C12H10F2N4O2. The Kier molecular flexibility index (Phi) is 3.74. The summed E-state index contributed by atoms with van der Waals surface area (Å²) in [7, 11) is 0. The summed E-state index contributed by atoms with van der Waals surface area (Å²) in [4.78, 5) is 10.0. The lowest BCUT2D eigenvalue weighted by atomic mass is 10.2. The van der Waals surface area contributed by atoms with Crippen LogP contribution in [0.3, 0.4) is 0 Å². The van der Waals surface area contributed by atoms with Crippen LogP contribution >= 0.6 is 0 Å². The molecule has 0 bridgehead atoms. The molecule has 1 aromatic heterocycles. The summed E-state index contributed by atoms with van der Waals surface area (Å²) in [5.41, 5.74) is -0.371. The minimum atomic E-state index is -1.28. The Bertz CT molecular complexity index is 669. The lowest BCUT2D eigenvalue weighted by molar-refractivity contribution is -0.384. The molecular weight excluding hydrogens is 270 g/mol. The van der Waals surface area contributed by atoms with E-state index >= 15 is 0 Å². The molecule has 0 aliphatic rings. The third kappa shape index (κ3) is 2.63. The molecule has 0 aliphatic heterocycles. The first-order valence-corrected chi connectivity index (χ1v) is 5.54. The highest BCUT2D eigenvalue weighted by molar-refractivity contribution is 5.62. The highest BCUT2D eigenvalue weighted by Crippen LogP contribution is 2.29. The zero-order chi connectivity index (χ0) is 14.7. The van der Waals surface area contributed by atoms with E-state index in [0.29, 0.717) is 11.6 Å². The van der Waals surface area contributed by atoms with Crippen molar-refractivity contribution >= 4 is 17.6 Å². The molecule has 6 nitrogen and oxygen atoms in total. The van der Waals surface area contributed by atoms with Crippen LogP contribution in [0.5, 0.6) is 0 Å². The Labute approximate surface area is 112 Å². The highest BCUT2D eigenvalue weighted by Gasteiger charge is 2.21. The molecule has 0 saturated carbocycles. The number of hydrogen-bond donors (Lipinski definition) is 1. The van der Waals surface area contributed by atoms with Crippen LogP contribution in [-0.4, -0.2) is 14.7 Å². The lowest BCUT2D eigenvalue weighted by Crippen LogP contribution is -2.05. The van der Waals surface area contributed by atoms with Gasteiger partial charge in [0.15, 0.2) is 17.3 Å². The molecule has 8 heteroatoms. The van der Waals surface area contributed by atoms with Crippen LogP contribution in [-0.2, 0) is 6.54 Å². The summed E-state index contributed by atoms with van der Waals surface area (Å²) in [5.74, 6) is -2.44. The van der Waals surface area contributed by atoms with Gasteiger partial charge in [-0.25, -0.2) is 13.5 Å². The molecule has 2 aromatic rings. The first-order chi connectivity index (χ1) is 9.52. The molecule has 0 aliphatic carbocycles. The van der Waals surface area contributed by atoms with Crippen molar-refractivity contribution in [3.05, 3.63) is 58.4 Å². The third-order valence-corrected chi connectivity index (χ3v) is 2.58. The molecule has 0 radical (unpaired) electrons. The largest absolute Gasteiger partial charge is 0.373 e. The quantitative estimate of drug-likeness (QED) is 0.675. The Morgan fingerprint density at radius 2 is 2.25 bits per heavy atom. The van der Waals surface area contributed by atoms with Gasteiger partial charge >= 0.3 is 0 Å². The van der Waals surface area contributed by atoms with E-state index in [9.17, 15) is 18.9 Å². The van der Waals surface area contributed by atoms with Crippen molar-refractivity contribution in [2.24, 2.45) is 0 Å². The van der Waals surface area contributed by atoms with Crippen LogP contribution in [0, 0.1) is 21.7 Å². The summed E-state index contributed by atoms with van der Waals surface area (Å²) in [6.45, 7) is 3.57. The fourth-order valence-corrected chi connectivity index (χ4v) is 1.62. The van der Waals surface area contributed by atoms with Gasteiger partial charge in [-0.15, -0.1) is 0 Å². The summed E-state index contributed by atoms with van der Waals surface area (Å²) in [6.07, 6.45) is 4.54. The van der Waals surface area contributed by atoms with Gasteiger partial charge in [-0.05, 0) is 6.07 Å². The van der Waals surface area contributed by atoms with Crippen LogP contribution in [0.4, 0.5) is 20.2 Å². The zero-order valence-corrected chi connectivity index (χ0v) is 10.2. The second-order valence-electron chi connectivity index (χ2n) is 3.88. The van der Waals surface area contributed by atoms with Gasteiger partial charge < -0.3 is 5.32 Å². The molecule has 2 rings (SSSR count). The van der Waals surface area contributed by atoms with Gasteiger partial charge in [0.05, 0.1) is 11.1 Å². The summed E-state index contributed by atoms with van der Waals surface area (Å²) >= 11 is 0. The van der Waals surface area contributed by atoms with Gasteiger partial charge in [0.1, 0.15) is 0 Å². The van der Waals surface area contributed by atoms with Crippen molar-refractivity contribution in [3.8, 4) is 0 Å². The molecule has 0 amide bonds. The second kappa shape index (κ2) is 5.47. The maximum absolute atomic E-state index is 13.6. The van der Waals surface area contributed by atoms with Gasteiger partial charge in [-0.3, -0.25) is 10.1 Å². The molecule has 0 spiro atoms. The smallest absolute Gasteiger partial charge is 0.295 e. The average molecular weight is 280 g/mol. The predicted octanol–water partition coefficient (Wildman–Crippen LogP) is 2.78. The van der Waals surface area contributed by atoms with Gasteiger partial charge in [-0.1, -0.05) is 6.58 Å². The fourth-order valence-electron chi connectivity index (χ4n) is 1.62. The Hall–Kier alpha value is -2.77. The van der Waals surface area contributed by atoms with Gasteiger partial charge in [0.2, 0.25) is 0 Å². The zero-order valence-electron chi connectivity index (χ0n) is 10.2. The van der Waals surface area contributed by atoms with Crippen LogP contribution in [0.1, 0.15) is 5.56 Å². The Balaban J connectivity index is 2.26. The molecule has 0 atom stereocenters. The van der Waals surface area contributed by atoms with Gasteiger partial charge in [-0.2, -0.15) is 5.10 Å². The standard InChI is InChI=1S/C12H10F2N4O2/c1-2-17-7-8(6-16-17)5-15-12-10(18(19)20)4-3-9(13)11(12)14/h2-4,6-7,15H,1,5H2. The van der Waals surface area contributed by atoms with Crippen LogP contribution < -0.4 is 5.32 Å². The SMILES string of the molecule is C=Cn1cc(CNc2c([N+](=O)[O-])ccc(F)c2F)cn1. The van der Waals surface area contributed by atoms with E-state index in [4.69, 9.17) is 0 Å². The molecule has 1 N–H and O–H groups in total. The monoisotopic (exact) mass is 280 g/mol. The van der Waals surface area contributed by atoms with Crippen molar-refractivity contribution in [2.75, 3.05) is 5.32 Å². The Morgan fingerprint density at radius 1 is 1.50 bits per heavy atom. The molecule has 104 valence electrons. The number of nitrogens with zero attached hydrogens (tertiary/aromatic N) is 3. The molecule has 1 heterocycles. The number of rotatable bonds is 5. The number of nitro benzene ring substituents is 1. The Morgan fingerprint density at radius 3 is 2.85 bits per heavy atom. The fraction of sp³-hybridized carbons (Fsp3) is 0.0833. The van der Waals surface area contributed by atoms with E-state index in [0.717, 1.165) is 6.07 Å². The minimum Gasteiger partial charge on any atom is -0.373 e. The number of aromatic nitrogens is 2. The van der Waals surface area contributed by atoms with Crippen molar-refractivity contribution in [1.82, 2.24) is 9.78 Å². The predicted molar refractivity (Wildman–Crippen MR) is 69.0 cm³/mol.